The second kappa shape index (κ2) is 3.10. The van der Waals surface area contributed by atoms with Crippen molar-refractivity contribution in [2.45, 2.75) is 6.92 Å². The molecule has 0 saturated carbocycles. The first kappa shape index (κ1) is 8.69. The van der Waals surface area contributed by atoms with Crippen LogP contribution in [0.25, 0.3) is 10.9 Å². The fourth-order valence-corrected chi connectivity index (χ4v) is 1.53. The third kappa shape index (κ3) is 1.33. The Kier molecular flexibility index (Phi) is 1.93. The van der Waals surface area contributed by atoms with Crippen molar-refractivity contribution in [2.24, 2.45) is 5.73 Å². The van der Waals surface area contributed by atoms with Gasteiger partial charge in [-0.2, -0.15) is 0 Å². The monoisotopic (exact) mass is 185 g/mol. The molecule has 3 heteroatoms. The van der Waals surface area contributed by atoms with E-state index >= 15 is 0 Å². The van der Waals surface area contributed by atoms with Crippen LogP contribution in [0.15, 0.2) is 30.5 Å². The predicted molar refractivity (Wildman–Crippen MR) is 57.5 cm³/mol. The Hall–Kier alpha value is -1.90. The van der Waals surface area contributed by atoms with Crippen LogP contribution in [-0.4, -0.2) is 10.8 Å². The highest BCUT2D eigenvalue weighted by Gasteiger charge is 2.02. The van der Waals surface area contributed by atoms with Crippen molar-refractivity contribution in [3.05, 3.63) is 41.6 Å². The van der Waals surface area contributed by atoms with Crippen LogP contribution in [0.5, 0.6) is 0 Å². The Morgan fingerprint density at radius 1 is 1.43 bits per heavy atom. The molecule has 1 aromatic heterocycles. The van der Waals surface area contributed by atoms with Crippen LogP contribution >= 0.6 is 0 Å². The van der Waals surface area contributed by atoms with Crippen LogP contribution in [0, 0.1) is 12.3 Å². The first-order valence-electron chi connectivity index (χ1n) is 4.38. The molecule has 2 aromatic rings. The van der Waals surface area contributed by atoms with Gasteiger partial charge in [-0.1, -0.05) is 6.07 Å². The van der Waals surface area contributed by atoms with Crippen LogP contribution in [0.3, 0.4) is 0 Å². The highest BCUT2D eigenvalue weighted by molar-refractivity contribution is 5.99. The number of nitrogens with one attached hydrogen (secondary N) is 1. The molecule has 0 bridgehead atoms. The maximum atomic E-state index is 7.36. The number of benzene rings is 1. The summed E-state index contributed by atoms with van der Waals surface area (Å²) in [7, 11) is 0. The second-order valence-corrected chi connectivity index (χ2v) is 3.28. The molecular weight excluding hydrogens is 174 g/mol. The Labute approximate surface area is 82.1 Å². The Bertz CT molecular complexity index is 503. The quantitative estimate of drug-likeness (QED) is 0.526. The number of nitrogens with zero attached hydrogens (tertiary/aromatic N) is 1. The molecule has 0 saturated heterocycles. The van der Waals surface area contributed by atoms with Gasteiger partial charge in [0, 0.05) is 17.1 Å². The number of fused-ring (bicyclic) bond motifs is 1. The van der Waals surface area contributed by atoms with Gasteiger partial charge in [-0.3, -0.25) is 10.4 Å². The smallest absolute Gasteiger partial charge is 0.122 e. The van der Waals surface area contributed by atoms with Gasteiger partial charge in [0.2, 0.25) is 0 Å². The van der Waals surface area contributed by atoms with Crippen LogP contribution in [0.1, 0.15) is 11.1 Å². The van der Waals surface area contributed by atoms with Crippen LogP contribution in [0.2, 0.25) is 0 Å². The summed E-state index contributed by atoms with van der Waals surface area (Å²) >= 11 is 0. The highest BCUT2D eigenvalue weighted by Crippen LogP contribution is 2.17. The van der Waals surface area contributed by atoms with Crippen molar-refractivity contribution in [1.29, 1.82) is 5.41 Å². The van der Waals surface area contributed by atoms with Gasteiger partial charge < -0.3 is 5.73 Å². The van der Waals surface area contributed by atoms with Crippen molar-refractivity contribution in [3.63, 3.8) is 0 Å². The molecule has 3 nitrogen and oxygen atoms in total. The summed E-state index contributed by atoms with van der Waals surface area (Å²) in [4.78, 5) is 4.27. The summed E-state index contributed by atoms with van der Waals surface area (Å²) in [6.07, 6.45) is 1.77. The van der Waals surface area contributed by atoms with E-state index in [0.717, 1.165) is 22.0 Å². The Morgan fingerprint density at radius 3 is 2.93 bits per heavy atom. The topological polar surface area (TPSA) is 62.8 Å². The van der Waals surface area contributed by atoms with E-state index in [1.165, 1.54) is 0 Å². The van der Waals surface area contributed by atoms with Gasteiger partial charge >= 0.3 is 0 Å². The van der Waals surface area contributed by atoms with Crippen molar-refractivity contribution < 1.29 is 0 Å². The molecule has 0 fully saturated rings. The number of aryl methyl sites for hydroxylation is 1. The lowest BCUT2D eigenvalue weighted by Crippen LogP contribution is -2.11. The number of hydrogen-bond acceptors (Lipinski definition) is 2. The fourth-order valence-electron chi connectivity index (χ4n) is 1.53. The number of nitrogens with two attached hydrogens (primary N) is 1. The Balaban J connectivity index is 2.78. The van der Waals surface area contributed by atoms with Crippen LogP contribution < -0.4 is 5.73 Å². The molecule has 1 aromatic carbocycles. The molecule has 3 N–H and O–H groups in total. The van der Waals surface area contributed by atoms with Crippen molar-refractivity contribution >= 4 is 16.7 Å². The van der Waals surface area contributed by atoms with Gasteiger partial charge in [0.05, 0.1) is 5.52 Å². The minimum Gasteiger partial charge on any atom is -0.384 e. The minimum absolute atomic E-state index is 0.0962. The van der Waals surface area contributed by atoms with Crippen molar-refractivity contribution in [3.8, 4) is 0 Å². The summed E-state index contributed by atoms with van der Waals surface area (Å²) in [5, 5.41) is 8.39. The molecule has 0 aliphatic carbocycles. The van der Waals surface area contributed by atoms with Crippen LogP contribution in [0.4, 0.5) is 0 Å². The third-order valence-electron chi connectivity index (χ3n) is 2.21. The van der Waals surface area contributed by atoms with E-state index < -0.39 is 0 Å². The molecule has 0 aliphatic rings. The predicted octanol–water partition coefficient (Wildman–Crippen LogP) is 1.83. The van der Waals surface area contributed by atoms with Gasteiger partial charge in [-0.05, 0) is 30.7 Å². The fraction of sp³-hybridized carbons (Fsp3) is 0.0909. The Morgan fingerprint density at radius 2 is 2.21 bits per heavy atom. The van der Waals surface area contributed by atoms with E-state index in [2.05, 4.69) is 4.98 Å². The zero-order valence-electron chi connectivity index (χ0n) is 7.91. The molecule has 70 valence electrons. The van der Waals surface area contributed by atoms with E-state index in [1.807, 2.05) is 31.2 Å². The highest BCUT2D eigenvalue weighted by atomic mass is 14.7. The maximum absolute atomic E-state index is 7.36. The van der Waals surface area contributed by atoms with E-state index in [9.17, 15) is 0 Å². The average Bonchev–Trinajstić information content (AvgIpc) is 2.17. The van der Waals surface area contributed by atoms with E-state index in [0.29, 0.717) is 0 Å². The number of rotatable bonds is 1. The average molecular weight is 185 g/mol. The molecule has 0 aliphatic heterocycles. The lowest BCUT2D eigenvalue weighted by Gasteiger charge is -2.04. The molecule has 1 heterocycles. The van der Waals surface area contributed by atoms with Gasteiger partial charge in [0.1, 0.15) is 5.84 Å². The lowest BCUT2D eigenvalue weighted by atomic mass is 10.1. The molecule has 0 amide bonds. The first-order valence-corrected chi connectivity index (χ1v) is 4.38. The lowest BCUT2D eigenvalue weighted by molar-refractivity contribution is 1.35. The molecular formula is C11H11N3. The zero-order valence-corrected chi connectivity index (χ0v) is 7.91. The van der Waals surface area contributed by atoms with E-state index in [-0.39, 0.29) is 5.84 Å². The molecule has 14 heavy (non-hydrogen) atoms. The SMILES string of the molecule is Cc1cc(C(=N)N)cc2cccnc12. The zero-order chi connectivity index (χ0) is 10.1. The molecule has 0 unspecified atom stereocenters. The van der Waals surface area contributed by atoms with Crippen molar-refractivity contribution in [1.82, 2.24) is 4.98 Å². The summed E-state index contributed by atoms with van der Waals surface area (Å²) in [6, 6.07) is 7.63. The standard InChI is InChI=1S/C11H11N3/c1-7-5-9(11(12)13)6-8-3-2-4-14-10(7)8/h2-6H,1H3,(H3,12,13). The third-order valence-corrected chi connectivity index (χ3v) is 2.21. The molecule has 0 spiro atoms. The summed E-state index contributed by atoms with van der Waals surface area (Å²) in [6.45, 7) is 1.97. The number of pyridine rings is 1. The van der Waals surface area contributed by atoms with E-state index in [1.54, 1.807) is 6.20 Å². The molecule has 0 atom stereocenters. The summed E-state index contributed by atoms with van der Waals surface area (Å²) in [5.41, 5.74) is 8.21. The maximum Gasteiger partial charge on any atom is 0.122 e. The van der Waals surface area contributed by atoms with Gasteiger partial charge in [-0.25, -0.2) is 0 Å². The van der Waals surface area contributed by atoms with Gasteiger partial charge in [0.15, 0.2) is 0 Å². The van der Waals surface area contributed by atoms with Crippen LogP contribution in [-0.2, 0) is 0 Å². The minimum atomic E-state index is 0.0962. The number of nitrogen functional groups attached to an aromatic ring is 1. The number of hydrogen-bond donors (Lipinski definition) is 2. The van der Waals surface area contributed by atoms with E-state index in [4.69, 9.17) is 11.1 Å². The number of amidine groups is 1. The molecule has 2 rings (SSSR count). The first-order chi connectivity index (χ1) is 6.68. The normalized spacial score (nSPS) is 10.4. The largest absolute Gasteiger partial charge is 0.384 e. The summed E-state index contributed by atoms with van der Waals surface area (Å²) in [5.74, 6) is 0.0962. The van der Waals surface area contributed by atoms with Gasteiger partial charge in [-0.15, -0.1) is 0 Å². The number of aromatic nitrogens is 1. The van der Waals surface area contributed by atoms with Crippen molar-refractivity contribution in [2.75, 3.05) is 0 Å². The second-order valence-electron chi connectivity index (χ2n) is 3.28. The molecule has 0 radical (unpaired) electrons. The van der Waals surface area contributed by atoms with Gasteiger partial charge in [0.25, 0.3) is 0 Å². The summed E-state index contributed by atoms with van der Waals surface area (Å²) < 4.78 is 0.